The zero-order valence-electron chi connectivity index (χ0n) is 25.5. The molecule has 1 saturated carbocycles. The maximum Gasteiger partial charge on any atom is 0.312 e. The highest BCUT2D eigenvalue weighted by Gasteiger charge is 2.33. The topological polar surface area (TPSA) is 76.1 Å². The lowest BCUT2D eigenvalue weighted by molar-refractivity contribution is -0.217. The van der Waals surface area contributed by atoms with E-state index in [0.717, 1.165) is 67.5 Å². The van der Waals surface area contributed by atoms with Crippen LogP contribution in [0.25, 0.3) is 0 Å². The summed E-state index contributed by atoms with van der Waals surface area (Å²) in [6.45, 7) is 13.7. The van der Waals surface area contributed by atoms with Crippen LogP contribution >= 0.6 is 0 Å². The van der Waals surface area contributed by atoms with Crippen LogP contribution in [0.5, 0.6) is 0 Å². The van der Waals surface area contributed by atoms with Gasteiger partial charge in [0.2, 0.25) is 11.7 Å². The SMILES string of the molecule is C=CC1CC(=CC2=CC(=CC3=CC(=CC)CC(C(=O)OC(C)(C)OCC)C3)CC(O)C2)CC(C(=O)N2CCCC2)C1. The van der Waals surface area contributed by atoms with Gasteiger partial charge in [-0.1, -0.05) is 47.6 Å². The van der Waals surface area contributed by atoms with E-state index in [2.05, 4.69) is 30.9 Å². The summed E-state index contributed by atoms with van der Waals surface area (Å²) in [6.07, 6.45) is 19.5. The Morgan fingerprint density at radius 1 is 1.00 bits per heavy atom. The van der Waals surface area contributed by atoms with Crippen molar-refractivity contribution in [1.82, 2.24) is 4.90 Å². The Morgan fingerprint density at radius 2 is 1.71 bits per heavy atom. The van der Waals surface area contributed by atoms with E-state index >= 15 is 0 Å². The highest BCUT2D eigenvalue weighted by molar-refractivity contribution is 5.79. The quantitative estimate of drug-likeness (QED) is 0.201. The Hall–Kier alpha value is -2.70. The molecule has 0 aromatic rings. The number of rotatable bonds is 8. The van der Waals surface area contributed by atoms with Crippen LogP contribution in [0.3, 0.4) is 0 Å². The van der Waals surface area contributed by atoms with Crippen molar-refractivity contribution in [3.63, 3.8) is 0 Å². The zero-order chi connectivity index (χ0) is 29.6. The van der Waals surface area contributed by atoms with Gasteiger partial charge in [0.15, 0.2) is 0 Å². The van der Waals surface area contributed by atoms with Gasteiger partial charge in [-0.2, -0.15) is 0 Å². The van der Waals surface area contributed by atoms with E-state index in [-0.39, 0.29) is 17.8 Å². The molecule has 0 radical (unpaired) electrons. The van der Waals surface area contributed by atoms with Crippen LogP contribution in [0.2, 0.25) is 0 Å². The lowest BCUT2D eigenvalue weighted by Gasteiger charge is -2.32. The summed E-state index contributed by atoms with van der Waals surface area (Å²) in [5, 5.41) is 10.8. The van der Waals surface area contributed by atoms with E-state index in [0.29, 0.717) is 44.1 Å². The molecule has 2 fully saturated rings. The highest BCUT2D eigenvalue weighted by Crippen LogP contribution is 2.38. The van der Waals surface area contributed by atoms with E-state index in [1.807, 2.05) is 30.9 Å². The predicted octanol–water partition coefficient (Wildman–Crippen LogP) is 6.74. The van der Waals surface area contributed by atoms with E-state index in [1.54, 1.807) is 13.8 Å². The number of carbonyl (C=O) groups is 2. The van der Waals surface area contributed by atoms with Crippen molar-refractivity contribution in [2.45, 2.75) is 97.4 Å². The molecule has 3 aliphatic carbocycles. The third-order valence-corrected chi connectivity index (χ3v) is 8.67. The van der Waals surface area contributed by atoms with Crippen molar-refractivity contribution < 1.29 is 24.2 Å². The molecule has 6 nitrogen and oxygen atoms in total. The van der Waals surface area contributed by atoms with E-state index in [1.165, 1.54) is 5.57 Å². The number of amides is 1. The molecule has 0 bridgehead atoms. The van der Waals surface area contributed by atoms with Crippen molar-refractivity contribution in [2.75, 3.05) is 19.7 Å². The summed E-state index contributed by atoms with van der Waals surface area (Å²) in [6, 6.07) is 0. The highest BCUT2D eigenvalue weighted by atomic mass is 16.7. The Morgan fingerprint density at radius 3 is 2.39 bits per heavy atom. The first kappa shape index (κ1) is 31.2. The van der Waals surface area contributed by atoms with Crippen LogP contribution in [0.15, 0.2) is 70.9 Å². The van der Waals surface area contributed by atoms with Gasteiger partial charge in [-0.25, -0.2) is 0 Å². The number of allylic oxidation sites excluding steroid dienone is 9. The van der Waals surface area contributed by atoms with Gasteiger partial charge in [-0.3, -0.25) is 9.59 Å². The fourth-order valence-electron chi connectivity index (χ4n) is 6.79. The Balaban J connectivity index is 1.51. The molecule has 41 heavy (non-hydrogen) atoms. The smallest absolute Gasteiger partial charge is 0.312 e. The Labute approximate surface area is 246 Å². The van der Waals surface area contributed by atoms with E-state index in [4.69, 9.17) is 9.47 Å². The summed E-state index contributed by atoms with van der Waals surface area (Å²) in [5.74, 6) is -0.881. The molecular weight excluding hydrogens is 514 g/mol. The number of esters is 1. The fourth-order valence-corrected chi connectivity index (χ4v) is 6.79. The number of nitrogens with zero attached hydrogens (tertiary/aromatic N) is 1. The Bertz CT molecular complexity index is 1150. The van der Waals surface area contributed by atoms with Crippen molar-refractivity contribution >= 4 is 11.9 Å². The molecule has 4 rings (SSSR count). The standard InChI is InChI=1S/C35H49NO5/c1-6-24-13-26(20-30(18-24)33(38)36-11-9-10-12-36)15-28-17-29(23-32(37)22-28)16-27-14-25(7-2)19-31(21-27)34(39)41-35(4,5)40-8-3/h6-7,14-17,24,30-32,37H,1,8-13,18-23H2,2-5H3. The lowest BCUT2D eigenvalue weighted by atomic mass is 9.76. The van der Waals surface area contributed by atoms with Crippen LogP contribution in [0.4, 0.5) is 0 Å². The first-order valence-electron chi connectivity index (χ1n) is 15.5. The summed E-state index contributed by atoms with van der Waals surface area (Å²) in [7, 11) is 0. The summed E-state index contributed by atoms with van der Waals surface area (Å²) in [4.78, 5) is 28.3. The number of likely N-dealkylation sites (tertiary alicyclic amines) is 1. The average Bonchev–Trinajstić information content (AvgIpc) is 3.46. The molecule has 0 aromatic heterocycles. The molecule has 1 saturated heterocycles. The third-order valence-electron chi connectivity index (χ3n) is 8.67. The maximum atomic E-state index is 13.2. The zero-order valence-corrected chi connectivity index (χ0v) is 25.5. The molecule has 4 unspecified atom stereocenters. The summed E-state index contributed by atoms with van der Waals surface area (Å²) >= 11 is 0. The van der Waals surface area contributed by atoms with E-state index < -0.39 is 11.9 Å². The van der Waals surface area contributed by atoms with Crippen LogP contribution in [-0.4, -0.2) is 53.5 Å². The second-order valence-electron chi connectivity index (χ2n) is 12.6. The maximum absolute atomic E-state index is 13.2. The molecule has 1 aliphatic heterocycles. The summed E-state index contributed by atoms with van der Waals surface area (Å²) < 4.78 is 11.3. The van der Waals surface area contributed by atoms with Gasteiger partial charge in [0.25, 0.3) is 0 Å². The molecule has 1 N–H and O–H groups in total. The fraction of sp³-hybridized carbons (Fsp3) is 0.600. The molecule has 0 aromatic carbocycles. The number of aliphatic hydroxyl groups is 1. The van der Waals surface area contributed by atoms with Gasteiger partial charge in [-0.15, -0.1) is 6.58 Å². The first-order valence-corrected chi connectivity index (χ1v) is 15.5. The van der Waals surface area contributed by atoms with Crippen LogP contribution in [0, 0.1) is 17.8 Å². The summed E-state index contributed by atoms with van der Waals surface area (Å²) in [5.41, 5.74) is 5.59. The minimum Gasteiger partial charge on any atom is -0.433 e. The predicted molar refractivity (Wildman–Crippen MR) is 163 cm³/mol. The third kappa shape index (κ3) is 8.65. The minimum atomic E-state index is -0.956. The van der Waals surface area contributed by atoms with Gasteiger partial charge in [0, 0.05) is 39.5 Å². The molecule has 6 heteroatoms. The second kappa shape index (κ2) is 14.0. The largest absolute Gasteiger partial charge is 0.433 e. The number of hydrogen-bond donors (Lipinski definition) is 1. The monoisotopic (exact) mass is 563 g/mol. The molecular formula is C35H49NO5. The second-order valence-corrected chi connectivity index (χ2v) is 12.6. The molecule has 224 valence electrons. The molecule has 0 spiro atoms. The number of hydrogen-bond acceptors (Lipinski definition) is 5. The Kier molecular flexibility index (Phi) is 10.6. The van der Waals surface area contributed by atoms with Gasteiger partial charge in [0.05, 0.1) is 12.0 Å². The number of carbonyl (C=O) groups excluding carboxylic acids is 2. The minimum absolute atomic E-state index is 0.0104. The van der Waals surface area contributed by atoms with Crippen LogP contribution in [-0.2, 0) is 19.1 Å². The van der Waals surface area contributed by atoms with Crippen molar-refractivity contribution in [3.05, 3.63) is 70.9 Å². The van der Waals surface area contributed by atoms with Crippen molar-refractivity contribution in [3.8, 4) is 0 Å². The normalized spacial score (nSPS) is 30.4. The van der Waals surface area contributed by atoms with Gasteiger partial charge in [-0.05, 0) is 94.3 Å². The molecule has 1 amide bonds. The number of aliphatic hydroxyl groups excluding tert-OH is 1. The van der Waals surface area contributed by atoms with Crippen molar-refractivity contribution in [2.24, 2.45) is 17.8 Å². The van der Waals surface area contributed by atoms with Crippen LogP contribution < -0.4 is 0 Å². The lowest BCUT2D eigenvalue weighted by Crippen LogP contribution is -2.36. The van der Waals surface area contributed by atoms with E-state index in [9.17, 15) is 14.7 Å². The van der Waals surface area contributed by atoms with Crippen molar-refractivity contribution in [1.29, 1.82) is 0 Å². The molecule has 4 atom stereocenters. The van der Waals surface area contributed by atoms with Crippen LogP contribution in [0.1, 0.15) is 85.5 Å². The average molecular weight is 564 g/mol. The number of ether oxygens (including phenoxy) is 2. The molecule has 4 aliphatic rings. The molecule has 1 heterocycles. The van der Waals surface area contributed by atoms with Gasteiger partial charge < -0.3 is 19.5 Å². The first-order chi connectivity index (χ1) is 19.6. The van der Waals surface area contributed by atoms with Gasteiger partial charge >= 0.3 is 5.97 Å². The van der Waals surface area contributed by atoms with Gasteiger partial charge in [0.1, 0.15) is 0 Å².